The minimum atomic E-state index is -0.309. The SMILES string of the molecule is CCNC(=O)c1cc(Cl)nc(Cl)c1N. The maximum atomic E-state index is 11.4. The molecular weight excluding hydrogens is 225 g/mol. The van der Waals surface area contributed by atoms with Gasteiger partial charge in [0, 0.05) is 6.54 Å². The lowest BCUT2D eigenvalue weighted by Gasteiger charge is -2.06. The number of hydrogen-bond donors (Lipinski definition) is 2. The summed E-state index contributed by atoms with van der Waals surface area (Å²) in [6, 6.07) is 1.38. The Morgan fingerprint density at radius 2 is 2.29 bits per heavy atom. The van der Waals surface area contributed by atoms with Gasteiger partial charge >= 0.3 is 0 Å². The lowest BCUT2D eigenvalue weighted by Crippen LogP contribution is -2.24. The third-order valence-corrected chi connectivity index (χ3v) is 2.04. The number of rotatable bonds is 2. The number of nitrogen functional groups attached to an aromatic ring is 1. The quantitative estimate of drug-likeness (QED) is 0.765. The van der Waals surface area contributed by atoms with Crippen molar-refractivity contribution in [3.05, 3.63) is 21.9 Å². The molecule has 6 heteroatoms. The molecule has 1 rings (SSSR count). The minimum absolute atomic E-state index is 0.0405. The molecule has 1 heterocycles. The van der Waals surface area contributed by atoms with E-state index in [1.54, 1.807) is 6.92 Å². The number of anilines is 1. The van der Waals surface area contributed by atoms with Gasteiger partial charge in [0.2, 0.25) is 0 Å². The number of carbonyl (C=O) groups excluding carboxylic acids is 1. The lowest BCUT2D eigenvalue weighted by molar-refractivity contribution is 0.0956. The summed E-state index contributed by atoms with van der Waals surface area (Å²) in [5.41, 5.74) is 5.96. The van der Waals surface area contributed by atoms with Crippen LogP contribution in [0, 0.1) is 0 Å². The zero-order valence-corrected chi connectivity index (χ0v) is 8.99. The van der Waals surface area contributed by atoms with Gasteiger partial charge in [-0.05, 0) is 13.0 Å². The Morgan fingerprint density at radius 3 is 2.86 bits per heavy atom. The van der Waals surface area contributed by atoms with Crippen molar-refractivity contribution in [2.45, 2.75) is 6.92 Å². The van der Waals surface area contributed by atoms with Crippen molar-refractivity contribution < 1.29 is 4.79 Å². The number of hydrogen-bond acceptors (Lipinski definition) is 3. The lowest BCUT2D eigenvalue weighted by atomic mass is 10.2. The van der Waals surface area contributed by atoms with Gasteiger partial charge in [-0.3, -0.25) is 4.79 Å². The van der Waals surface area contributed by atoms with Crippen LogP contribution < -0.4 is 11.1 Å². The molecule has 4 nitrogen and oxygen atoms in total. The molecule has 0 unspecified atom stereocenters. The standard InChI is InChI=1S/C8H9Cl2N3O/c1-2-12-8(14)4-3-5(9)13-7(10)6(4)11/h3H,2,11H2,1H3,(H,12,14). The Hall–Kier alpha value is -1.00. The summed E-state index contributed by atoms with van der Waals surface area (Å²) in [4.78, 5) is 15.1. The Bertz CT molecular complexity index is 368. The Kier molecular flexibility index (Phi) is 3.55. The molecule has 0 spiro atoms. The normalized spacial score (nSPS) is 9.93. The number of aromatic nitrogens is 1. The van der Waals surface area contributed by atoms with Gasteiger partial charge in [-0.25, -0.2) is 4.98 Å². The molecule has 1 aromatic heterocycles. The fourth-order valence-electron chi connectivity index (χ4n) is 0.938. The number of nitrogens with two attached hydrogens (primary N) is 1. The summed E-state index contributed by atoms with van der Waals surface area (Å²) < 4.78 is 0. The highest BCUT2D eigenvalue weighted by Gasteiger charge is 2.13. The molecule has 0 fully saturated rings. The summed E-state index contributed by atoms with van der Waals surface area (Å²) >= 11 is 11.3. The van der Waals surface area contributed by atoms with E-state index < -0.39 is 0 Å². The maximum absolute atomic E-state index is 11.4. The molecule has 0 aliphatic rings. The van der Waals surface area contributed by atoms with E-state index in [9.17, 15) is 4.79 Å². The fraction of sp³-hybridized carbons (Fsp3) is 0.250. The molecule has 0 aliphatic heterocycles. The second-order valence-corrected chi connectivity index (χ2v) is 3.30. The van der Waals surface area contributed by atoms with Crippen LogP contribution in [-0.2, 0) is 0 Å². The van der Waals surface area contributed by atoms with E-state index >= 15 is 0 Å². The van der Waals surface area contributed by atoms with Crippen LogP contribution in [0.4, 0.5) is 5.69 Å². The van der Waals surface area contributed by atoms with Crippen LogP contribution in [0.1, 0.15) is 17.3 Å². The van der Waals surface area contributed by atoms with E-state index in [0.717, 1.165) is 0 Å². The smallest absolute Gasteiger partial charge is 0.253 e. The fourth-order valence-corrected chi connectivity index (χ4v) is 1.37. The molecule has 1 aromatic rings. The zero-order chi connectivity index (χ0) is 10.7. The van der Waals surface area contributed by atoms with Crippen molar-refractivity contribution in [2.24, 2.45) is 0 Å². The number of amides is 1. The topological polar surface area (TPSA) is 68.0 Å². The van der Waals surface area contributed by atoms with Crippen molar-refractivity contribution in [3.8, 4) is 0 Å². The Balaban J connectivity index is 3.13. The van der Waals surface area contributed by atoms with Gasteiger partial charge < -0.3 is 11.1 Å². The second-order valence-electron chi connectivity index (χ2n) is 2.56. The molecule has 0 radical (unpaired) electrons. The number of pyridine rings is 1. The molecule has 1 amide bonds. The van der Waals surface area contributed by atoms with E-state index in [1.807, 2.05) is 0 Å². The first-order valence-corrected chi connectivity index (χ1v) is 4.71. The van der Waals surface area contributed by atoms with Crippen LogP contribution in [0.25, 0.3) is 0 Å². The Labute approximate surface area is 91.4 Å². The van der Waals surface area contributed by atoms with Gasteiger partial charge in [0.05, 0.1) is 11.3 Å². The predicted octanol–water partition coefficient (Wildman–Crippen LogP) is 1.72. The predicted molar refractivity (Wildman–Crippen MR) is 56.7 cm³/mol. The molecule has 0 aliphatic carbocycles. The molecule has 0 bridgehead atoms. The van der Waals surface area contributed by atoms with Crippen molar-refractivity contribution >= 4 is 34.8 Å². The van der Waals surface area contributed by atoms with Crippen LogP contribution in [-0.4, -0.2) is 17.4 Å². The summed E-state index contributed by atoms with van der Waals surface area (Å²) in [7, 11) is 0. The molecule has 3 N–H and O–H groups in total. The first-order chi connectivity index (χ1) is 6.56. The van der Waals surface area contributed by atoms with E-state index in [-0.39, 0.29) is 27.5 Å². The molecule has 76 valence electrons. The van der Waals surface area contributed by atoms with Crippen LogP contribution in [0.5, 0.6) is 0 Å². The van der Waals surface area contributed by atoms with Crippen molar-refractivity contribution in [1.82, 2.24) is 10.3 Å². The average Bonchev–Trinajstić information content (AvgIpc) is 2.11. The monoisotopic (exact) mass is 233 g/mol. The van der Waals surface area contributed by atoms with E-state index in [1.165, 1.54) is 6.07 Å². The van der Waals surface area contributed by atoms with Crippen LogP contribution in [0.3, 0.4) is 0 Å². The van der Waals surface area contributed by atoms with Gasteiger partial charge in [-0.1, -0.05) is 23.2 Å². The molecule has 0 saturated carbocycles. The van der Waals surface area contributed by atoms with Gasteiger partial charge in [0.1, 0.15) is 5.15 Å². The molecule has 14 heavy (non-hydrogen) atoms. The highest BCUT2D eigenvalue weighted by atomic mass is 35.5. The van der Waals surface area contributed by atoms with E-state index in [4.69, 9.17) is 28.9 Å². The first-order valence-electron chi connectivity index (χ1n) is 3.96. The Morgan fingerprint density at radius 1 is 1.64 bits per heavy atom. The summed E-state index contributed by atoms with van der Waals surface area (Å²) in [6.07, 6.45) is 0. The first kappa shape index (κ1) is 11.1. The minimum Gasteiger partial charge on any atom is -0.396 e. The van der Waals surface area contributed by atoms with Crippen LogP contribution >= 0.6 is 23.2 Å². The number of nitrogens with zero attached hydrogens (tertiary/aromatic N) is 1. The highest BCUT2D eigenvalue weighted by Crippen LogP contribution is 2.23. The third kappa shape index (κ3) is 2.27. The van der Waals surface area contributed by atoms with Gasteiger partial charge in [0.25, 0.3) is 5.91 Å². The molecule has 0 aromatic carbocycles. The van der Waals surface area contributed by atoms with Gasteiger partial charge in [-0.15, -0.1) is 0 Å². The summed E-state index contributed by atoms with van der Waals surface area (Å²) in [6.45, 7) is 2.31. The van der Waals surface area contributed by atoms with Crippen molar-refractivity contribution in [1.29, 1.82) is 0 Å². The summed E-state index contributed by atoms with van der Waals surface area (Å²) in [5, 5.41) is 2.78. The average molecular weight is 234 g/mol. The zero-order valence-electron chi connectivity index (χ0n) is 7.47. The van der Waals surface area contributed by atoms with Crippen molar-refractivity contribution in [3.63, 3.8) is 0 Å². The third-order valence-electron chi connectivity index (χ3n) is 1.56. The largest absolute Gasteiger partial charge is 0.396 e. The molecular formula is C8H9Cl2N3O. The van der Waals surface area contributed by atoms with E-state index in [0.29, 0.717) is 6.54 Å². The second kappa shape index (κ2) is 4.48. The van der Waals surface area contributed by atoms with Gasteiger partial charge in [0.15, 0.2) is 5.15 Å². The number of halogens is 2. The van der Waals surface area contributed by atoms with Crippen molar-refractivity contribution in [2.75, 3.05) is 12.3 Å². The number of carbonyl (C=O) groups is 1. The molecule has 0 saturated heterocycles. The van der Waals surface area contributed by atoms with Crippen LogP contribution in [0.15, 0.2) is 6.07 Å². The van der Waals surface area contributed by atoms with Gasteiger partial charge in [-0.2, -0.15) is 0 Å². The highest BCUT2D eigenvalue weighted by molar-refractivity contribution is 6.35. The summed E-state index contributed by atoms with van der Waals surface area (Å²) in [5.74, 6) is -0.309. The van der Waals surface area contributed by atoms with Crippen LogP contribution in [0.2, 0.25) is 10.3 Å². The molecule has 0 atom stereocenters. The van der Waals surface area contributed by atoms with E-state index in [2.05, 4.69) is 10.3 Å². The number of nitrogens with one attached hydrogen (secondary N) is 1. The maximum Gasteiger partial charge on any atom is 0.253 e.